The van der Waals surface area contributed by atoms with Gasteiger partial charge in [0.25, 0.3) is 11.8 Å². The number of rotatable bonds is 2. The van der Waals surface area contributed by atoms with Crippen LogP contribution in [0.3, 0.4) is 0 Å². The SMILES string of the molecule is Cc1ccc(N2NC(=O)/C(=C\c3ccccc3Cl)C2=O)cc1C. The smallest absolute Gasteiger partial charge is 0.267 e. The van der Waals surface area contributed by atoms with Crippen molar-refractivity contribution in [3.63, 3.8) is 0 Å². The van der Waals surface area contributed by atoms with E-state index < -0.39 is 11.8 Å². The third-order valence-corrected chi connectivity index (χ3v) is 4.19. The molecule has 0 spiro atoms. The zero-order valence-electron chi connectivity index (χ0n) is 12.8. The maximum absolute atomic E-state index is 12.6. The molecule has 1 heterocycles. The minimum absolute atomic E-state index is 0.0660. The second-order valence-electron chi connectivity index (χ2n) is 5.43. The second kappa shape index (κ2) is 5.89. The number of benzene rings is 2. The molecule has 2 amide bonds. The van der Waals surface area contributed by atoms with Crippen LogP contribution in [0.2, 0.25) is 5.02 Å². The van der Waals surface area contributed by atoms with Crippen molar-refractivity contribution in [3.05, 3.63) is 69.8 Å². The maximum Gasteiger partial charge on any atom is 0.282 e. The number of hydrogen-bond donors (Lipinski definition) is 1. The minimum Gasteiger partial charge on any atom is -0.267 e. The van der Waals surface area contributed by atoms with Crippen LogP contribution >= 0.6 is 11.6 Å². The Kier molecular flexibility index (Phi) is 3.92. The Labute approximate surface area is 139 Å². The van der Waals surface area contributed by atoms with Crippen molar-refractivity contribution in [2.45, 2.75) is 13.8 Å². The highest BCUT2D eigenvalue weighted by atomic mass is 35.5. The summed E-state index contributed by atoms with van der Waals surface area (Å²) in [6.45, 7) is 3.95. The van der Waals surface area contributed by atoms with Crippen LogP contribution in [0.4, 0.5) is 5.69 Å². The minimum atomic E-state index is -0.437. The summed E-state index contributed by atoms with van der Waals surface area (Å²) in [7, 11) is 0. The van der Waals surface area contributed by atoms with Gasteiger partial charge in [-0.15, -0.1) is 0 Å². The van der Waals surface area contributed by atoms with E-state index in [1.54, 1.807) is 30.3 Å². The highest BCUT2D eigenvalue weighted by Crippen LogP contribution is 2.25. The molecule has 0 aromatic heterocycles. The lowest BCUT2D eigenvalue weighted by Crippen LogP contribution is -2.35. The molecule has 116 valence electrons. The molecular weight excluding hydrogens is 312 g/mol. The number of carbonyl (C=O) groups is 2. The van der Waals surface area contributed by atoms with Crippen molar-refractivity contribution in [1.82, 2.24) is 5.43 Å². The Morgan fingerprint density at radius 1 is 1.04 bits per heavy atom. The molecular formula is C18H15ClN2O2. The molecule has 1 saturated heterocycles. The molecule has 1 fully saturated rings. The Hall–Kier alpha value is -2.59. The van der Waals surface area contributed by atoms with Crippen LogP contribution in [0.1, 0.15) is 16.7 Å². The molecule has 4 nitrogen and oxygen atoms in total. The number of nitrogens with zero attached hydrogens (tertiary/aromatic N) is 1. The second-order valence-corrected chi connectivity index (χ2v) is 5.84. The number of anilines is 1. The standard InChI is InChI=1S/C18H15ClN2O2/c1-11-7-8-14(9-12(11)2)21-18(23)15(17(22)20-21)10-13-5-3-4-6-16(13)19/h3-10H,1-2H3,(H,20,22)/b15-10+. The average Bonchev–Trinajstić information content (AvgIpc) is 2.80. The molecule has 0 atom stereocenters. The van der Waals surface area contributed by atoms with Crippen LogP contribution < -0.4 is 10.4 Å². The molecule has 2 aromatic carbocycles. The third kappa shape index (κ3) is 2.85. The zero-order valence-corrected chi connectivity index (χ0v) is 13.5. The van der Waals surface area contributed by atoms with E-state index in [4.69, 9.17) is 11.6 Å². The molecule has 1 aliphatic rings. The summed E-state index contributed by atoms with van der Waals surface area (Å²) in [5.74, 6) is -0.827. The van der Waals surface area contributed by atoms with Crippen molar-refractivity contribution in [2.75, 3.05) is 5.01 Å². The van der Waals surface area contributed by atoms with Gasteiger partial charge in [-0.2, -0.15) is 0 Å². The molecule has 5 heteroatoms. The number of aryl methyl sites for hydroxylation is 2. The fourth-order valence-electron chi connectivity index (χ4n) is 2.35. The first kappa shape index (κ1) is 15.3. The molecule has 0 saturated carbocycles. The van der Waals surface area contributed by atoms with Crippen molar-refractivity contribution < 1.29 is 9.59 Å². The fourth-order valence-corrected chi connectivity index (χ4v) is 2.54. The topological polar surface area (TPSA) is 49.4 Å². The lowest BCUT2D eigenvalue weighted by molar-refractivity contribution is -0.117. The van der Waals surface area contributed by atoms with E-state index in [1.807, 2.05) is 26.0 Å². The average molecular weight is 327 g/mol. The monoisotopic (exact) mass is 326 g/mol. The molecule has 2 aromatic rings. The van der Waals surface area contributed by atoms with Gasteiger partial charge < -0.3 is 0 Å². The predicted molar refractivity (Wildman–Crippen MR) is 91.0 cm³/mol. The van der Waals surface area contributed by atoms with Gasteiger partial charge in [-0.1, -0.05) is 35.9 Å². The quantitative estimate of drug-likeness (QED) is 0.679. The van der Waals surface area contributed by atoms with E-state index in [1.165, 1.54) is 11.1 Å². The maximum atomic E-state index is 12.6. The molecule has 1 aliphatic heterocycles. The van der Waals surface area contributed by atoms with Crippen molar-refractivity contribution in [3.8, 4) is 0 Å². The van der Waals surface area contributed by atoms with Gasteiger partial charge in [-0.25, -0.2) is 5.01 Å². The molecule has 23 heavy (non-hydrogen) atoms. The van der Waals surface area contributed by atoms with Gasteiger partial charge in [-0.05, 0) is 54.8 Å². The van der Waals surface area contributed by atoms with Crippen LogP contribution in [0.25, 0.3) is 6.08 Å². The van der Waals surface area contributed by atoms with Crippen molar-refractivity contribution in [2.24, 2.45) is 0 Å². The van der Waals surface area contributed by atoms with E-state index in [0.717, 1.165) is 11.1 Å². The summed E-state index contributed by atoms with van der Waals surface area (Å²) in [5, 5.41) is 1.75. The number of carbonyl (C=O) groups excluding carboxylic acids is 2. The molecule has 1 N–H and O–H groups in total. The Morgan fingerprint density at radius 3 is 2.48 bits per heavy atom. The van der Waals surface area contributed by atoms with Gasteiger partial charge >= 0.3 is 0 Å². The van der Waals surface area contributed by atoms with Gasteiger partial charge in [0.05, 0.1) is 5.69 Å². The van der Waals surface area contributed by atoms with Crippen LogP contribution in [0.15, 0.2) is 48.0 Å². The first-order valence-electron chi connectivity index (χ1n) is 7.16. The number of hydrazine groups is 1. The normalized spacial score (nSPS) is 16.1. The van der Waals surface area contributed by atoms with Gasteiger partial charge in [-0.3, -0.25) is 15.0 Å². The Balaban J connectivity index is 1.97. The Bertz CT molecular complexity index is 843. The molecule has 0 unspecified atom stereocenters. The highest BCUT2D eigenvalue weighted by Gasteiger charge is 2.34. The number of amides is 2. The molecule has 0 radical (unpaired) electrons. The van der Waals surface area contributed by atoms with Crippen LogP contribution in [-0.4, -0.2) is 11.8 Å². The fraction of sp³-hybridized carbons (Fsp3) is 0.111. The van der Waals surface area contributed by atoms with Crippen molar-refractivity contribution >= 4 is 35.2 Å². The van der Waals surface area contributed by atoms with Crippen LogP contribution in [-0.2, 0) is 9.59 Å². The van der Waals surface area contributed by atoms with Gasteiger partial charge in [0.1, 0.15) is 5.57 Å². The Morgan fingerprint density at radius 2 is 1.78 bits per heavy atom. The van der Waals surface area contributed by atoms with E-state index in [2.05, 4.69) is 5.43 Å². The summed E-state index contributed by atoms with van der Waals surface area (Å²) < 4.78 is 0. The van der Waals surface area contributed by atoms with E-state index in [-0.39, 0.29) is 5.57 Å². The zero-order chi connectivity index (χ0) is 16.6. The first-order valence-corrected chi connectivity index (χ1v) is 7.54. The van der Waals surface area contributed by atoms with Crippen LogP contribution in [0, 0.1) is 13.8 Å². The summed E-state index contributed by atoms with van der Waals surface area (Å²) in [5.41, 5.74) is 6.10. The van der Waals surface area contributed by atoms with Gasteiger partial charge in [0.2, 0.25) is 0 Å². The molecule has 0 bridgehead atoms. The van der Waals surface area contributed by atoms with E-state index >= 15 is 0 Å². The summed E-state index contributed by atoms with van der Waals surface area (Å²) in [4.78, 5) is 24.7. The number of halogens is 1. The lowest BCUT2D eigenvalue weighted by Gasteiger charge is -2.15. The first-order chi connectivity index (χ1) is 11.0. The lowest BCUT2D eigenvalue weighted by atomic mass is 10.1. The molecule has 0 aliphatic carbocycles. The number of nitrogens with one attached hydrogen (secondary N) is 1. The number of hydrogen-bond acceptors (Lipinski definition) is 2. The van der Waals surface area contributed by atoms with Crippen molar-refractivity contribution in [1.29, 1.82) is 0 Å². The predicted octanol–water partition coefficient (Wildman–Crippen LogP) is 3.42. The summed E-state index contributed by atoms with van der Waals surface area (Å²) >= 11 is 6.09. The van der Waals surface area contributed by atoms with E-state index in [9.17, 15) is 9.59 Å². The van der Waals surface area contributed by atoms with Gasteiger partial charge in [0.15, 0.2) is 0 Å². The largest absolute Gasteiger partial charge is 0.282 e. The summed E-state index contributed by atoms with van der Waals surface area (Å²) in [6.07, 6.45) is 1.51. The molecule has 3 rings (SSSR count). The highest BCUT2D eigenvalue weighted by molar-refractivity contribution is 6.34. The van der Waals surface area contributed by atoms with Gasteiger partial charge in [0, 0.05) is 5.02 Å². The van der Waals surface area contributed by atoms with E-state index in [0.29, 0.717) is 16.3 Å². The van der Waals surface area contributed by atoms with Crippen LogP contribution in [0.5, 0.6) is 0 Å². The summed E-state index contributed by atoms with van der Waals surface area (Å²) in [6, 6.07) is 12.7. The third-order valence-electron chi connectivity index (χ3n) is 3.85.